The highest BCUT2D eigenvalue weighted by Gasteiger charge is 2.19. The quantitative estimate of drug-likeness (QED) is 0.945. The van der Waals surface area contributed by atoms with Crippen molar-refractivity contribution in [1.82, 2.24) is 9.88 Å². The van der Waals surface area contributed by atoms with Gasteiger partial charge in [-0.3, -0.25) is 4.90 Å². The number of rotatable bonds is 3. The Hall–Kier alpha value is -2.01. The molecule has 0 saturated carbocycles. The zero-order chi connectivity index (χ0) is 15.7. The first-order chi connectivity index (χ1) is 10.5. The highest BCUT2D eigenvalue weighted by atomic mass is 19.1. The van der Waals surface area contributed by atoms with E-state index in [0.29, 0.717) is 17.6 Å². The van der Waals surface area contributed by atoms with Crippen LogP contribution < -0.4 is 0 Å². The van der Waals surface area contributed by atoms with Crippen molar-refractivity contribution in [3.8, 4) is 0 Å². The highest BCUT2D eigenvalue weighted by Crippen LogP contribution is 2.23. The molecule has 2 aromatic rings. The molecule has 2 heterocycles. The van der Waals surface area contributed by atoms with E-state index in [1.54, 1.807) is 12.1 Å². The molecule has 0 unspecified atom stereocenters. The first kappa shape index (κ1) is 14.9. The molecule has 22 heavy (non-hydrogen) atoms. The van der Waals surface area contributed by atoms with Crippen molar-refractivity contribution in [1.29, 1.82) is 0 Å². The van der Waals surface area contributed by atoms with Gasteiger partial charge in [0.05, 0.1) is 11.3 Å². The minimum Gasteiger partial charge on any atom is -0.478 e. The van der Waals surface area contributed by atoms with Crippen LogP contribution >= 0.6 is 0 Å². The highest BCUT2D eigenvalue weighted by molar-refractivity contribution is 6.02. The van der Waals surface area contributed by atoms with Crippen molar-refractivity contribution in [3.05, 3.63) is 41.3 Å². The van der Waals surface area contributed by atoms with Crippen molar-refractivity contribution >= 4 is 16.9 Å². The van der Waals surface area contributed by atoms with Crippen LogP contribution in [-0.4, -0.2) is 34.0 Å². The van der Waals surface area contributed by atoms with Crippen LogP contribution in [0.5, 0.6) is 0 Å². The van der Waals surface area contributed by atoms with Gasteiger partial charge in [0.25, 0.3) is 0 Å². The number of carboxylic acids is 1. The Morgan fingerprint density at radius 2 is 2.14 bits per heavy atom. The summed E-state index contributed by atoms with van der Waals surface area (Å²) < 4.78 is 14.0. The number of fused-ring (bicyclic) bond motifs is 1. The molecule has 1 aromatic carbocycles. The predicted molar refractivity (Wildman–Crippen MR) is 82.3 cm³/mol. The molecule has 0 radical (unpaired) electrons. The summed E-state index contributed by atoms with van der Waals surface area (Å²) in [6.07, 6.45) is 2.27. The minimum absolute atomic E-state index is 0.116. The molecule has 4 nitrogen and oxygen atoms in total. The Kier molecular flexibility index (Phi) is 4.07. The van der Waals surface area contributed by atoms with Crippen molar-refractivity contribution in [3.63, 3.8) is 0 Å². The maximum Gasteiger partial charge on any atom is 0.336 e. The SMILES string of the molecule is CC1CCN(Cc2cc(C(=O)O)c3cccc(F)c3n2)CC1. The zero-order valence-electron chi connectivity index (χ0n) is 12.6. The van der Waals surface area contributed by atoms with Gasteiger partial charge >= 0.3 is 5.97 Å². The average molecular weight is 302 g/mol. The van der Waals surface area contributed by atoms with E-state index in [2.05, 4.69) is 16.8 Å². The summed E-state index contributed by atoms with van der Waals surface area (Å²) in [7, 11) is 0. The summed E-state index contributed by atoms with van der Waals surface area (Å²) in [5.74, 6) is -0.798. The number of hydrogen-bond donors (Lipinski definition) is 1. The van der Waals surface area contributed by atoms with Gasteiger partial charge < -0.3 is 5.11 Å². The van der Waals surface area contributed by atoms with Gasteiger partial charge in [0, 0.05) is 11.9 Å². The number of nitrogens with zero attached hydrogens (tertiary/aromatic N) is 2. The van der Waals surface area contributed by atoms with E-state index in [1.165, 1.54) is 12.1 Å². The lowest BCUT2D eigenvalue weighted by atomic mass is 9.99. The Labute approximate surface area is 128 Å². The molecule has 1 N–H and O–H groups in total. The molecule has 0 atom stereocenters. The van der Waals surface area contributed by atoms with Gasteiger partial charge in [0.15, 0.2) is 0 Å². The lowest BCUT2D eigenvalue weighted by molar-refractivity contribution is 0.0698. The van der Waals surface area contributed by atoms with E-state index < -0.39 is 11.8 Å². The Morgan fingerprint density at radius 3 is 2.82 bits per heavy atom. The standard InChI is InChI=1S/C17H19FN2O2/c1-11-5-7-20(8-6-11)10-12-9-14(17(21)22)13-3-2-4-15(18)16(13)19-12/h2-4,9,11H,5-8,10H2,1H3,(H,21,22). The molecule has 5 heteroatoms. The number of likely N-dealkylation sites (tertiary alicyclic amines) is 1. The topological polar surface area (TPSA) is 53.4 Å². The van der Waals surface area contributed by atoms with Crippen molar-refractivity contribution in [2.45, 2.75) is 26.3 Å². The summed E-state index contributed by atoms with van der Waals surface area (Å²) in [6, 6.07) is 5.99. The molecule has 0 spiro atoms. The fourth-order valence-electron chi connectivity index (χ4n) is 2.97. The second kappa shape index (κ2) is 6.01. The maximum atomic E-state index is 14.0. The molecule has 1 aliphatic rings. The van der Waals surface area contributed by atoms with Gasteiger partial charge in [-0.2, -0.15) is 0 Å². The van der Waals surface area contributed by atoms with E-state index in [1.807, 2.05) is 0 Å². The van der Waals surface area contributed by atoms with Gasteiger partial charge in [-0.25, -0.2) is 14.2 Å². The van der Waals surface area contributed by atoms with Crippen LogP contribution in [0.4, 0.5) is 4.39 Å². The van der Waals surface area contributed by atoms with Crippen LogP contribution in [-0.2, 0) is 6.54 Å². The molecule has 0 amide bonds. The summed E-state index contributed by atoms with van der Waals surface area (Å²) in [5, 5.41) is 9.73. The van der Waals surface area contributed by atoms with Gasteiger partial charge in [-0.15, -0.1) is 0 Å². The van der Waals surface area contributed by atoms with Gasteiger partial charge in [-0.1, -0.05) is 19.1 Å². The molecule has 3 rings (SSSR count). The number of hydrogen-bond acceptors (Lipinski definition) is 3. The predicted octanol–water partition coefficient (Wildman–Crippen LogP) is 3.30. The minimum atomic E-state index is -1.05. The average Bonchev–Trinajstić information content (AvgIpc) is 2.50. The van der Waals surface area contributed by atoms with Crippen molar-refractivity contribution in [2.24, 2.45) is 5.92 Å². The smallest absolute Gasteiger partial charge is 0.336 e. The van der Waals surface area contributed by atoms with Gasteiger partial charge in [-0.05, 0) is 44.0 Å². The van der Waals surface area contributed by atoms with Gasteiger partial charge in [0.1, 0.15) is 11.3 Å². The van der Waals surface area contributed by atoms with E-state index in [4.69, 9.17) is 0 Å². The Morgan fingerprint density at radius 1 is 1.41 bits per heavy atom. The second-order valence-corrected chi connectivity index (χ2v) is 6.06. The van der Waals surface area contributed by atoms with Crippen LogP contribution in [0.3, 0.4) is 0 Å². The van der Waals surface area contributed by atoms with E-state index in [9.17, 15) is 14.3 Å². The van der Waals surface area contributed by atoms with Crippen LogP contribution in [0.25, 0.3) is 10.9 Å². The normalized spacial score (nSPS) is 17.0. The number of aromatic carboxylic acids is 1. The van der Waals surface area contributed by atoms with Crippen LogP contribution in [0.1, 0.15) is 35.8 Å². The number of piperidine rings is 1. The number of para-hydroxylation sites is 1. The molecule has 0 bridgehead atoms. The molecule has 0 aliphatic carbocycles. The fraction of sp³-hybridized carbons (Fsp3) is 0.412. The molecular formula is C17H19FN2O2. The summed E-state index contributed by atoms with van der Waals surface area (Å²) in [4.78, 5) is 18.1. The fourth-order valence-corrected chi connectivity index (χ4v) is 2.97. The third kappa shape index (κ3) is 2.95. The third-order valence-electron chi connectivity index (χ3n) is 4.34. The first-order valence-corrected chi connectivity index (χ1v) is 7.58. The Bertz CT molecular complexity index is 709. The lowest BCUT2D eigenvalue weighted by Crippen LogP contribution is -2.32. The van der Waals surface area contributed by atoms with Crippen LogP contribution in [0, 0.1) is 11.7 Å². The summed E-state index contributed by atoms with van der Waals surface area (Å²) in [6.45, 7) is 4.75. The number of halogens is 1. The number of benzene rings is 1. The summed E-state index contributed by atoms with van der Waals surface area (Å²) >= 11 is 0. The van der Waals surface area contributed by atoms with Gasteiger partial charge in [0.2, 0.25) is 0 Å². The zero-order valence-corrected chi connectivity index (χ0v) is 12.6. The molecule has 1 fully saturated rings. The molecular weight excluding hydrogens is 283 g/mol. The first-order valence-electron chi connectivity index (χ1n) is 7.58. The van der Waals surface area contributed by atoms with Crippen molar-refractivity contribution < 1.29 is 14.3 Å². The molecule has 1 aromatic heterocycles. The monoisotopic (exact) mass is 302 g/mol. The third-order valence-corrected chi connectivity index (χ3v) is 4.34. The molecule has 1 saturated heterocycles. The molecule has 116 valence electrons. The number of pyridine rings is 1. The molecule has 1 aliphatic heterocycles. The lowest BCUT2D eigenvalue weighted by Gasteiger charge is -2.29. The van der Waals surface area contributed by atoms with E-state index in [0.717, 1.165) is 31.8 Å². The van der Waals surface area contributed by atoms with Crippen LogP contribution in [0.2, 0.25) is 0 Å². The summed E-state index contributed by atoms with van der Waals surface area (Å²) in [5.41, 5.74) is 0.872. The number of aromatic nitrogens is 1. The number of carbonyl (C=O) groups is 1. The van der Waals surface area contributed by atoms with E-state index in [-0.39, 0.29) is 11.1 Å². The van der Waals surface area contributed by atoms with Crippen LogP contribution in [0.15, 0.2) is 24.3 Å². The second-order valence-electron chi connectivity index (χ2n) is 6.06. The number of carboxylic acid groups (broad SMARTS) is 1. The largest absolute Gasteiger partial charge is 0.478 e. The van der Waals surface area contributed by atoms with E-state index >= 15 is 0 Å². The maximum absolute atomic E-state index is 14.0. The Balaban J connectivity index is 1.96. The van der Waals surface area contributed by atoms with Crippen molar-refractivity contribution in [2.75, 3.05) is 13.1 Å².